The highest BCUT2D eigenvalue weighted by Crippen LogP contribution is 2.54. The van der Waals surface area contributed by atoms with Gasteiger partial charge in [0.1, 0.15) is 0 Å². The van der Waals surface area contributed by atoms with E-state index in [1.165, 1.54) is 6.08 Å². The average Bonchev–Trinajstić information content (AvgIpc) is 2.07. The van der Waals surface area contributed by atoms with Gasteiger partial charge in [-0.3, -0.25) is 0 Å². The maximum absolute atomic E-state index is 12.7. The molecular formula is C10H13F6I. The molecule has 0 aromatic carbocycles. The minimum atomic E-state index is -5.28. The van der Waals surface area contributed by atoms with E-state index >= 15 is 0 Å². The van der Waals surface area contributed by atoms with Crippen LogP contribution < -0.4 is 0 Å². The highest BCUT2D eigenvalue weighted by Gasteiger charge is 2.69. The summed E-state index contributed by atoms with van der Waals surface area (Å²) in [7, 11) is 0. The fraction of sp³-hybridized carbons (Fsp3) is 0.800. The molecule has 0 fully saturated rings. The van der Waals surface area contributed by atoms with Crippen molar-refractivity contribution < 1.29 is 26.3 Å². The van der Waals surface area contributed by atoms with E-state index in [0.29, 0.717) is 5.57 Å². The maximum Gasteiger partial charge on any atom is 0.403 e. The zero-order chi connectivity index (χ0) is 13.9. The zero-order valence-electron chi connectivity index (χ0n) is 9.34. The molecule has 0 bridgehead atoms. The highest BCUT2D eigenvalue weighted by molar-refractivity contribution is 14.1. The Hall–Kier alpha value is 0.0500. The minimum absolute atomic E-state index is 0.232. The van der Waals surface area contributed by atoms with Gasteiger partial charge in [0.2, 0.25) is 0 Å². The highest BCUT2D eigenvalue weighted by atomic mass is 127. The van der Waals surface area contributed by atoms with Crippen LogP contribution in [0.4, 0.5) is 26.3 Å². The Balaban J connectivity index is 5.17. The van der Waals surface area contributed by atoms with Crippen LogP contribution in [0, 0.1) is 5.41 Å². The summed E-state index contributed by atoms with van der Waals surface area (Å²) in [4.78, 5) is 0. The maximum atomic E-state index is 12.7. The van der Waals surface area contributed by atoms with Gasteiger partial charge in [-0.05, 0) is 26.7 Å². The van der Waals surface area contributed by atoms with Crippen molar-refractivity contribution in [3.05, 3.63) is 11.6 Å². The molecule has 0 spiro atoms. The first-order valence-corrected chi connectivity index (χ1v) is 6.33. The van der Waals surface area contributed by atoms with Crippen LogP contribution in [0.2, 0.25) is 0 Å². The van der Waals surface area contributed by atoms with Crippen molar-refractivity contribution in [1.82, 2.24) is 0 Å². The van der Waals surface area contributed by atoms with Crippen LogP contribution >= 0.6 is 22.6 Å². The number of alkyl halides is 7. The van der Waals surface area contributed by atoms with E-state index < -0.39 is 28.6 Å². The summed E-state index contributed by atoms with van der Waals surface area (Å²) in [5, 5.41) is 0. The minimum Gasteiger partial charge on any atom is -0.170 e. The number of allylic oxidation sites excluding steroid dienone is 2. The van der Waals surface area contributed by atoms with Gasteiger partial charge in [0.15, 0.2) is 5.41 Å². The summed E-state index contributed by atoms with van der Waals surface area (Å²) in [6, 6.07) is 0. The first kappa shape index (κ1) is 17.1. The van der Waals surface area contributed by atoms with Crippen LogP contribution in [0.5, 0.6) is 0 Å². The summed E-state index contributed by atoms with van der Waals surface area (Å²) in [6.07, 6.45) is -10.4. The molecule has 0 N–H and O–H groups in total. The van der Waals surface area contributed by atoms with E-state index in [1.54, 1.807) is 13.8 Å². The molecule has 0 atom stereocenters. The summed E-state index contributed by atoms with van der Waals surface area (Å²) in [6.45, 7) is 3.26. The predicted octanol–water partition coefficient (Wildman–Crippen LogP) is 5.28. The monoisotopic (exact) mass is 374 g/mol. The molecule has 0 aliphatic carbocycles. The van der Waals surface area contributed by atoms with Crippen LogP contribution in [-0.2, 0) is 0 Å². The van der Waals surface area contributed by atoms with Crippen LogP contribution in [0.3, 0.4) is 0 Å². The van der Waals surface area contributed by atoms with E-state index in [1.807, 2.05) is 0 Å². The molecule has 0 saturated carbocycles. The van der Waals surface area contributed by atoms with Gasteiger partial charge < -0.3 is 0 Å². The molecule has 0 unspecified atom stereocenters. The summed E-state index contributed by atoms with van der Waals surface area (Å²) >= 11 is 1.15. The molecule has 102 valence electrons. The second-order valence-electron chi connectivity index (χ2n) is 4.03. The van der Waals surface area contributed by atoms with E-state index in [-0.39, 0.29) is 6.42 Å². The third-order valence-corrected chi connectivity index (χ3v) is 3.74. The van der Waals surface area contributed by atoms with Crippen LogP contribution in [0.25, 0.3) is 0 Å². The molecule has 0 aliphatic rings. The van der Waals surface area contributed by atoms with E-state index in [0.717, 1.165) is 22.6 Å². The molecule has 0 aromatic rings. The Bertz CT molecular complexity index is 258. The molecular weight excluding hydrogens is 361 g/mol. The first-order valence-electron chi connectivity index (χ1n) is 4.81. The fourth-order valence-electron chi connectivity index (χ4n) is 1.27. The number of hydrogen-bond donors (Lipinski definition) is 0. The molecule has 0 heterocycles. The smallest absolute Gasteiger partial charge is 0.170 e. The predicted molar refractivity (Wildman–Crippen MR) is 62.1 cm³/mol. The summed E-state index contributed by atoms with van der Waals surface area (Å²) in [5.74, 6) is 0. The van der Waals surface area contributed by atoms with Gasteiger partial charge in [0.25, 0.3) is 0 Å². The number of hydrogen-bond acceptors (Lipinski definition) is 0. The van der Waals surface area contributed by atoms with E-state index in [9.17, 15) is 26.3 Å². The molecule has 0 radical (unpaired) electrons. The zero-order valence-corrected chi connectivity index (χ0v) is 11.5. The molecule has 0 saturated heterocycles. The molecule has 0 aromatic heterocycles. The Morgan fingerprint density at radius 1 is 1.00 bits per heavy atom. The lowest BCUT2D eigenvalue weighted by molar-refractivity contribution is -0.332. The Morgan fingerprint density at radius 3 is 1.65 bits per heavy atom. The molecule has 7 heteroatoms. The van der Waals surface area contributed by atoms with Gasteiger partial charge >= 0.3 is 12.4 Å². The van der Waals surface area contributed by atoms with Gasteiger partial charge in [0, 0.05) is 4.43 Å². The third kappa shape index (κ3) is 4.03. The largest absolute Gasteiger partial charge is 0.403 e. The average molecular weight is 374 g/mol. The van der Waals surface area contributed by atoms with Gasteiger partial charge in [-0.1, -0.05) is 34.2 Å². The molecule has 0 rings (SSSR count). The van der Waals surface area contributed by atoms with Crippen molar-refractivity contribution in [2.75, 3.05) is 4.43 Å². The fourth-order valence-corrected chi connectivity index (χ4v) is 2.52. The van der Waals surface area contributed by atoms with Gasteiger partial charge in [-0.15, -0.1) is 0 Å². The molecule has 0 nitrogen and oxygen atoms in total. The number of rotatable bonds is 4. The van der Waals surface area contributed by atoms with Gasteiger partial charge in [-0.25, -0.2) is 0 Å². The lowest BCUT2D eigenvalue weighted by Crippen LogP contribution is -2.51. The van der Waals surface area contributed by atoms with Gasteiger partial charge in [0.05, 0.1) is 0 Å². The molecule has 0 amide bonds. The van der Waals surface area contributed by atoms with Crippen LogP contribution in [-0.4, -0.2) is 16.8 Å². The Labute approximate surface area is 110 Å². The second-order valence-corrected chi connectivity index (χ2v) is 4.79. The normalized spacial score (nSPS) is 13.7. The first-order chi connectivity index (χ1) is 7.48. The molecule has 17 heavy (non-hydrogen) atoms. The van der Waals surface area contributed by atoms with E-state index in [4.69, 9.17) is 0 Å². The van der Waals surface area contributed by atoms with Gasteiger partial charge in [-0.2, -0.15) is 26.3 Å². The number of halogens is 7. The van der Waals surface area contributed by atoms with E-state index in [2.05, 4.69) is 0 Å². The van der Waals surface area contributed by atoms with Crippen molar-refractivity contribution in [3.63, 3.8) is 0 Å². The Morgan fingerprint density at radius 2 is 1.41 bits per heavy atom. The topological polar surface area (TPSA) is 0 Å². The van der Waals surface area contributed by atoms with Crippen molar-refractivity contribution >= 4 is 22.6 Å². The molecule has 0 aliphatic heterocycles. The second kappa shape index (κ2) is 5.79. The van der Waals surface area contributed by atoms with Crippen LogP contribution in [0.15, 0.2) is 11.6 Å². The summed E-state index contributed by atoms with van der Waals surface area (Å²) in [5.41, 5.74) is -2.90. The Kier molecular flexibility index (Phi) is 5.81. The lowest BCUT2D eigenvalue weighted by Gasteiger charge is -2.35. The van der Waals surface area contributed by atoms with Crippen molar-refractivity contribution in [3.8, 4) is 0 Å². The third-order valence-electron chi connectivity index (χ3n) is 2.44. The van der Waals surface area contributed by atoms with Crippen molar-refractivity contribution in [2.24, 2.45) is 5.41 Å². The van der Waals surface area contributed by atoms with Crippen LogP contribution in [0.1, 0.15) is 26.7 Å². The van der Waals surface area contributed by atoms with Crippen molar-refractivity contribution in [1.29, 1.82) is 0 Å². The quantitative estimate of drug-likeness (QED) is 0.272. The summed E-state index contributed by atoms with van der Waals surface area (Å²) < 4.78 is 74.9. The standard InChI is InChI=1S/C10H13F6I/c1-7(2)4-3-5-8(6-17,9(11,12)13)10(14,15)16/h4H,3,5-6H2,1-2H3. The SMILES string of the molecule is CC(C)=CCCC(CI)(C(F)(F)F)C(F)(F)F. The van der Waals surface area contributed by atoms with Crippen molar-refractivity contribution in [2.45, 2.75) is 39.0 Å². The lowest BCUT2D eigenvalue weighted by atomic mass is 9.83.